The normalized spacial score (nSPS) is 14.6. The second-order valence-electron chi connectivity index (χ2n) is 5.18. The van der Waals surface area contributed by atoms with Crippen molar-refractivity contribution in [1.82, 2.24) is 15.2 Å². The zero-order valence-electron chi connectivity index (χ0n) is 11.2. The number of thiazole rings is 1. The average Bonchev–Trinajstić information content (AvgIpc) is 2.91. The number of hydrogen-bond donors (Lipinski definition) is 1. The Labute approximate surface area is 118 Å². The summed E-state index contributed by atoms with van der Waals surface area (Å²) in [5.74, 6) is 0. The Morgan fingerprint density at radius 3 is 3.11 bits per heavy atom. The molecule has 0 saturated heterocycles. The van der Waals surface area contributed by atoms with E-state index in [2.05, 4.69) is 45.8 Å². The van der Waals surface area contributed by atoms with Crippen LogP contribution in [0.3, 0.4) is 0 Å². The minimum atomic E-state index is 0.916. The molecule has 2 aromatic rings. The van der Waals surface area contributed by atoms with Crippen LogP contribution in [0.15, 0.2) is 29.1 Å². The van der Waals surface area contributed by atoms with E-state index in [0.717, 1.165) is 38.3 Å². The topological polar surface area (TPSA) is 28.2 Å². The molecule has 4 heteroatoms. The van der Waals surface area contributed by atoms with E-state index in [9.17, 15) is 0 Å². The minimum Gasteiger partial charge on any atom is -0.312 e. The van der Waals surface area contributed by atoms with Gasteiger partial charge in [0.1, 0.15) is 0 Å². The van der Waals surface area contributed by atoms with Crippen LogP contribution < -0.4 is 5.32 Å². The van der Waals surface area contributed by atoms with Crippen molar-refractivity contribution >= 4 is 11.3 Å². The molecule has 1 N–H and O–H groups in total. The summed E-state index contributed by atoms with van der Waals surface area (Å²) in [7, 11) is 2.15. The molecule has 0 radical (unpaired) electrons. The van der Waals surface area contributed by atoms with Crippen LogP contribution >= 0.6 is 11.3 Å². The quantitative estimate of drug-likeness (QED) is 0.927. The van der Waals surface area contributed by atoms with E-state index in [0.29, 0.717) is 0 Å². The predicted molar refractivity (Wildman–Crippen MR) is 79.1 cm³/mol. The van der Waals surface area contributed by atoms with E-state index in [1.807, 2.05) is 5.51 Å². The molecule has 19 heavy (non-hydrogen) atoms. The molecule has 0 fully saturated rings. The van der Waals surface area contributed by atoms with Gasteiger partial charge in [-0.05, 0) is 36.7 Å². The smallest absolute Gasteiger partial charge is 0.0795 e. The van der Waals surface area contributed by atoms with Gasteiger partial charge >= 0.3 is 0 Å². The molecule has 100 valence electrons. The van der Waals surface area contributed by atoms with Gasteiger partial charge in [0.05, 0.1) is 11.2 Å². The molecule has 1 aromatic heterocycles. The van der Waals surface area contributed by atoms with Gasteiger partial charge in [0.25, 0.3) is 0 Å². The molecular weight excluding hydrogens is 254 g/mol. The number of rotatable bonds is 4. The van der Waals surface area contributed by atoms with Crippen LogP contribution in [-0.2, 0) is 26.1 Å². The zero-order valence-corrected chi connectivity index (χ0v) is 12.0. The van der Waals surface area contributed by atoms with Crippen molar-refractivity contribution in [2.24, 2.45) is 0 Å². The monoisotopic (exact) mass is 273 g/mol. The van der Waals surface area contributed by atoms with E-state index in [4.69, 9.17) is 0 Å². The molecule has 0 atom stereocenters. The maximum absolute atomic E-state index is 4.33. The second kappa shape index (κ2) is 5.82. The summed E-state index contributed by atoms with van der Waals surface area (Å²) in [5.41, 5.74) is 7.41. The molecule has 1 aromatic carbocycles. The van der Waals surface area contributed by atoms with Crippen LogP contribution in [0.5, 0.6) is 0 Å². The first-order valence-electron chi connectivity index (χ1n) is 6.68. The third-order valence-corrected chi connectivity index (χ3v) is 4.16. The highest BCUT2D eigenvalue weighted by Crippen LogP contribution is 2.17. The largest absolute Gasteiger partial charge is 0.312 e. The molecule has 0 aliphatic carbocycles. The highest BCUT2D eigenvalue weighted by atomic mass is 32.1. The molecule has 3 rings (SSSR count). The third kappa shape index (κ3) is 3.21. The number of benzene rings is 1. The summed E-state index contributed by atoms with van der Waals surface area (Å²) in [5, 5.41) is 5.55. The van der Waals surface area contributed by atoms with Gasteiger partial charge in [0.15, 0.2) is 0 Å². The summed E-state index contributed by atoms with van der Waals surface area (Å²) < 4.78 is 0. The van der Waals surface area contributed by atoms with Crippen LogP contribution in [0.1, 0.15) is 22.4 Å². The van der Waals surface area contributed by atoms with Crippen LogP contribution in [0.4, 0.5) is 0 Å². The first-order valence-corrected chi connectivity index (χ1v) is 7.62. The predicted octanol–water partition coefficient (Wildman–Crippen LogP) is 2.42. The van der Waals surface area contributed by atoms with Crippen LogP contribution in [0.25, 0.3) is 0 Å². The summed E-state index contributed by atoms with van der Waals surface area (Å²) in [6, 6.07) is 6.91. The molecule has 0 spiro atoms. The van der Waals surface area contributed by atoms with Crippen molar-refractivity contribution in [2.45, 2.75) is 26.1 Å². The molecule has 1 aliphatic rings. The molecule has 0 bridgehead atoms. The van der Waals surface area contributed by atoms with Gasteiger partial charge in [-0.25, -0.2) is 4.98 Å². The molecule has 2 heterocycles. The zero-order chi connectivity index (χ0) is 13.1. The standard InChI is InChI=1S/C15H19N3S/c1-18(9-15-10-19-11-17-15)8-12-2-3-13-4-5-16-7-14(13)6-12/h2-3,6,10-11,16H,4-5,7-9H2,1H3. The SMILES string of the molecule is CN(Cc1ccc2c(c1)CNCC2)Cc1cscn1. The number of nitrogens with zero attached hydrogens (tertiary/aromatic N) is 2. The maximum atomic E-state index is 4.33. The number of aromatic nitrogens is 1. The summed E-state index contributed by atoms with van der Waals surface area (Å²) in [6.45, 7) is 4.01. The van der Waals surface area contributed by atoms with Gasteiger partial charge < -0.3 is 5.32 Å². The Balaban J connectivity index is 1.66. The average molecular weight is 273 g/mol. The maximum Gasteiger partial charge on any atom is 0.0795 e. The van der Waals surface area contributed by atoms with Gasteiger partial charge in [0.2, 0.25) is 0 Å². The fourth-order valence-corrected chi connectivity index (χ4v) is 3.14. The Morgan fingerprint density at radius 1 is 1.32 bits per heavy atom. The Kier molecular flexibility index (Phi) is 3.92. The first kappa shape index (κ1) is 12.8. The molecule has 0 amide bonds. The minimum absolute atomic E-state index is 0.916. The lowest BCUT2D eigenvalue weighted by Gasteiger charge is -2.20. The Bertz CT molecular complexity index is 536. The highest BCUT2D eigenvalue weighted by Gasteiger charge is 2.10. The lowest BCUT2D eigenvalue weighted by molar-refractivity contribution is 0.315. The van der Waals surface area contributed by atoms with Crippen LogP contribution in [0, 0.1) is 0 Å². The Hall–Kier alpha value is -1.23. The number of fused-ring (bicyclic) bond motifs is 1. The molecule has 1 aliphatic heterocycles. The Morgan fingerprint density at radius 2 is 2.26 bits per heavy atom. The van der Waals surface area contributed by atoms with Crippen molar-refractivity contribution in [3.63, 3.8) is 0 Å². The number of nitrogens with one attached hydrogen (secondary N) is 1. The fourth-order valence-electron chi connectivity index (χ4n) is 2.59. The summed E-state index contributed by atoms with van der Waals surface area (Å²) in [6.07, 6.45) is 1.16. The highest BCUT2D eigenvalue weighted by molar-refractivity contribution is 7.07. The van der Waals surface area contributed by atoms with E-state index >= 15 is 0 Å². The summed E-state index contributed by atoms with van der Waals surface area (Å²) in [4.78, 5) is 6.65. The fraction of sp³-hybridized carbons (Fsp3) is 0.400. The van der Waals surface area contributed by atoms with Crippen LogP contribution in [0.2, 0.25) is 0 Å². The van der Waals surface area contributed by atoms with Crippen molar-refractivity contribution in [3.8, 4) is 0 Å². The number of hydrogen-bond acceptors (Lipinski definition) is 4. The van der Waals surface area contributed by atoms with Crippen molar-refractivity contribution in [3.05, 3.63) is 51.5 Å². The molecule has 0 unspecified atom stereocenters. The van der Waals surface area contributed by atoms with E-state index in [-0.39, 0.29) is 0 Å². The van der Waals surface area contributed by atoms with Crippen molar-refractivity contribution in [1.29, 1.82) is 0 Å². The van der Waals surface area contributed by atoms with Crippen molar-refractivity contribution in [2.75, 3.05) is 13.6 Å². The summed E-state index contributed by atoms with van der Waals surface area (Å²) >= 11 is 1.66. The third-order valence-electron chi connectivity index (χ3n) is 3.53. The van der Waals surface area contributed by atoms with Gasteiger partial charge in [-0.3, -0.25) is 4.90 Å². The lowest BCUT2D eigenvalue weighted by Crippen LogP contribution is -2.24. The second-order valence-corrected chi connectivity index (χ2v) is 5.90. The van der Waals surface area contributed by atoms with Crippen molar-refractivity contribution < 1.29 is 0 Å². The molecule has 0 saturated carbocycles. The van der Waals surface area contributed by atoms with Gasteiger partial charge in [-0.2, -0.15) is 0 Å². The molecular formula is C15H19N3S. The van der Waals surface area contributed by atoms with Crippen LogP contribution in [-0.4, -0.2) is 23.5 Å². The van der Waals surface area contributed by atoms with E-state index < -0.39 is 0 Å². The van der Waals surface area contributed by atoms with Gasteiger partial charge in [-0.15, -0.1) is 11.3 Å². The van der Waals surface area contributed by atoms with E-state index in [1.165, 1.54) is 16.7 Å². The van der Waals surface area contributed by atoms with E-state index in [1.54, 1.807) is 11.3 Å². The lowest BCUT2D eigenvalue weighted by atomic mass is 9.98. The van der Waals surface area contributed by atoms with Gasteiger partial charge in [-0.1, -0.05) is 18.2 Å². The molecule has 3 nitrogen and oxygen atoms in total. The first-order chi connectivity index (χ1) is 9.31. The van der Waals surface area contributed by atoms with Gasteiger partial charge in [0, 0.05) is 25.0 Å².